The first kappa shape index (κ1) is 14.0. The SMILES string of the molecule is COc1cccc2c1CC(c1ccc(C(C)(C)C)cc1)N2. The van der Waals surface area contributed by atoms with Gasteiger partial charge in [0.15, 0.2) is 0 Å². The molecule has 0 aromatic heterocycles. The highest BCUT2D eigenvalue weighted by atomic mass is 16.5. The van der Waals surface area contributed by atoms with Crippen LogP contribution in [-0.2, 0) is 11.8 Å². The van der Waals surface area contributed by atoms with Crippen molar-refractivity contribution in [3.8, 4) is 5.75 Å². The number of benzene rings is 2. The van der Waals surface area contributed by atoms with E-state index < -0.39 is 0 Å². The van der Waals surface area contributed by atoms with E-state index in [0.717, 1.165) is 12.2 Å². The molecule has 1 aliphatic heterocycles. The Morgan fingerprint density at radius 2 is 1.76 bits per heavy atom. The third kappa shape index (κ3) is 2.63. The van der Waals surface area contributed by atoms with Crippen LogP contribution in [-0.4, -0.2) is 7.11 Å². The molecule has 2 aromatic carbocycles. The topological polar surface area (TPSA) is 21.3 Å². The second-order valence-electron chi connectivity index (χ2n) is 6.76. The van der Waals surface area contributed by atoms with Crippen LogP contribution in [0.4, 0.5) is 5.69 Å². The molecule has 21 heavy (non-hydrogen) atoms. The molecule has 2 aromatic rings. The molecule has 0 aliphatic carbocycles. The minimum absolute atomic E-state index is 0.202. The van der Waals surface area contributed by atoms with Crippen LogP contribution in [0, 0.1) is 0 Å². The summed E-state index contributed by atoms with van der Waals surface area (Å²) in [6.07, 6.45) is 0.980. The normalized spacial score (nSPS) is 17.2. The number of nitrogens with one attached hydrogen (secondary N) is 1. The first-order valence-electron chi connectivity index (χ1n) is 7.52. The Morgan fingerprint density at radius 1 is 1.05 bits per heavy atom. The number of hydrogen-bond donors (Lipinski definition) is 1. The molecule has 2 heteroatoms. The van der Waals surface area contributed by atoms with Gasteiger partial charge >= 0.3 is 0 Å². The van der Waals surface area contributed by atoms with Crippen LogP contribution in [0.2, 0.25) is 0 Å². The monoisotopic (exact) mass is 281 g/mol. The van der Waals surface area contributed by atoms with E-state index >= 15 is 0 Å². The molecule has 2 nitrogen and oxygen atoms in total. The average molecular weight is 281 g/mol. The Balaban J connectivity index is 1.84. The summed E-state index contributed by atoms with van der Waals surface area (Å²) in [6, 6.07) is 15.5. The maximum atomic E-state index is 5.47. The van der Waals surface area contributed by atoms with Crippen LogP contribution in [0.1, 0.15) is 43.5 Å². The third-order valence-electron chi connectivity index (χ3n) is 4.27. The number of fused-ring (bicyclic) bond motifs is 1. The lowest BCUT2D eigenvalue weighted by Crippen LogP contribution is -2.12. The Kier molecular flexibility index (Phi) is 3.40. The summed E-state index contributed by atoms with van der Waals surface area (Å²) in [5, 5.41) is 3.60. The van der Waals surface area contributed by atoms with Gasteiger partial charge in [-0.2, -0.15) is 0 Å². The van der Waals surface area contributed by atoms with Gasteiger partial charge in [0.25, 0.3) is 0 Å². The van der Waals surface area contributed by atoms with Crippen molar-refractivity contribution in [2.75, 3.05) is 12.4 Å². The average Bonchev–Trinajstić information content (AvgIpc) is 2.90. The molecule has 0 saturated heterocycles. The lowest BCUT2D eigenvalue weighted by Gasteiger charge is -2.20. The number of methoxy groups -OCH3 is 1. The zero-order chi connectivity index (χ0) is 15.0. The standard InChI is InChI=1S/C19H23NO/c1-19(2,3)14-10-8-13(9-11-14)17-12-15-16(20-17)6-5-7-18(15)21-4/h5-11,17,20H,12H2,1-4H3. The Bertz CT molecular complexity index is 638. The molecule has 110 valence electrons. The zero-order valence-corrected chi connectivity index (χ0v) is 13.2. The highest BCUT2D eigenvalue weighted by Crippen LogP contribution is 2.39. The van der Waals surface area contributed by atoms with Crippen LogP contribution in [0.15, 0.2) is 42.5 Å². The number of anilines is 1. The summed E-state index contributed by atoms with van der Waals surface area (Å²) >= 11 is 0. The van der Waals surface area contributed by atoms with Crippen molar-refractivity contribution >= 4 is 5.69 Å². The van der Waals surface area contributed by atoms with E-state index in [1.165, 1.54) is 22.4 Å². The van der Waals surface area contributed by atoms with Gasteiger partial charge in [-0.15, -0.1) is 0 Å². The van der Waals surface area contributed by atoms with Crippen molar-refractivity contribution in [1.82, 2.24) is 0 Å². The van der Waals surface area contributed by atoms with Gasteiger partial charge in [0, 0.05) is 17.7 Å². The second-order valence-corrected chi connectivity index (χ2v) is 6.76. The predicted octanol–water partition coefficient (Wildman–Crippen LogP) is 4.70. The highest BCUT2D eigenvalue weighted by molar-refractivity contribution is 5.63. The van der Waals surface area contributed by atoms with Gasteiger partial charge in [0.1, 0.15) is 5.75 Å². The van der Waals surface area contributed by atoms with E-state index in [2.05, 4.69) is 56.4 Å². The summed E-state index contributed by atoms with van der Waals surface area (Å²) < 4.78 is 5.47. The molecule has 1 N–H and O–H groups in total. The van der Waals surface area contributed by atoms with Crippen molar-refractivity contribution in [3.05, 3.63) is 59.2 Å². The Labute approximate surface area is 127 Å². The van der Waals surface area contributed by atoms with E-state index in [1.807, 2.05) is 12.1 Å². The molecule has 0 radical (unpaired) electrons. The zero-order valence-electron chi connectivity index (χ0n) is 13.2. The van der Waals surface area contributed by atoms with E-state index in [9.17, 15) is 0 Å². The maximum Gasteiger partial charge on any atom is 0.124 e. The molecule has 0 bridgehead atoms. The van der Waals surface area contributed by atoms with Crippen LogP contribution in [0.25, 0.3) is 0 Å². The van der Waals surface area contributed by atoms with Gasteiger partial charge in [0.2, 0.25) is 0 Å². The third-order valence-corrected chi connectivity index (χ3v) is 4.27. The highest BCUT2D eigenvalue weighted by Gasteiger charge is 2.25. The summed E-state index contributed by atoms with van der Waals surface area (Å²) in [6.45, 7) is 6.74. The molecule has 0 saturated carbocycles. The van der Waals surface area contributed by atoms with Crippen LogP contribution in [0.5, 0.6) is 5.75 Å². The van der Waals surface area contributed by atoms with Gasteiger partial charge in [-0.05, 0) is 28.7 Å². The summed E-state index contributed by atoms with van der Waals surface area (Å²) in [4.78, 5) is 0. The molecule has 0 spiro atoms. The summed E-state index contributed by atoms with van der Waals surface area (Å²) in [5.74, 6) is 0.980. The molecule has 3 rings (SSSR count). The smallest absolute Gasteiger partial charge is 0.124 e. The minimum Gasteiger partial charge on any atom is -0.496 e. The lowest BCUT2D eigenvalue weighted by atomic mass is 9.86. The van der Waals surface area contributed by atoms with Crippen LogP contribution >= 0.6 is 0 Å². The van der Waals surface area contributed by atoms with E-state index in [4.69, 9.17) is 4.74 Å². The first-order valence-corrected chi connectivity index (χ1v) is 7.52. The Hall–Kier alpha value is -1.96. The van der Waals surface area contributed by atoms with Crippen molar-refractivity contribution in [2.45, 2.75) is 38.6 Å². The fourth-order valence-corrected chi connectivity index (χ4v) is 2.96. The Morgan fingerprint density at radius 3 is 2.38 bits per heavy atom. The van der Waals surface area contributed by atoms with Crippen LogP contribution < -0.4 is 10.1 Å². The van der Waals surface area contributed by atoms with E-state index in [0.29, 0.717) is 6.04 Å². The van der Waals surface area contributed by atoms with Gasteiger partial charge in [0.05, 0.1) is 13.2 Å². The largest absolute Gasteiger partial charge is 0.496 e. The molecule has 1 atom stereocenters. The lowest BCUT2D eigenvalue weighted by molar-refractivity contribution is 0.410. The summed E-state index contributed by atoms with van der Waals surface area (Å²) in [7, 11) is 1.74. The quantitative estimate of drug-likeness (QED) is 0.861. The van der Waals surface area contributed by atoms with Gasteiger partial charge in [-0.25, -0.2) is 0 Å². The fraction of sp³-hybridized carbons (Fsp3) is 0.368. The maximum absolute atomic E-state index is 5.47. The van der Waals surface area contributed by atoms with Gasteiger partial charge in [-0.3, -0.25) is 0 Å². The number of hydrogen-bond acceptors (Lipinski definition) is 2. The van der Waals surface area contributed by atoms with E-state index in [-0.39, 0.29) is 5.41 Å². The minimum atomic E-state index is 0.202. The van der Waals surface area contributed by atoms with Crippen LogP contribution in [0.3, 0.4) is 0 Å². The molecule has 0 fully saturated rings. The molecular weight excluding hydrogens is 258 g/mol. The van der Waals surface area contributed by atoms with E-state index in [1.54, 1.807) is 7.11 Å². The number of ether oxygens (including phenoxy) is 1. The molecule has 1 aliphatic rings. The van der Waals surface area contributed by atoms with Crippen molar-refractivity contribution in [2.24, 2.45) is 0 Å². The fourth-order valence-electron chi connectivity index (χ4n) is 2.96. The van der Waals surface area contributed by atoms with Gasteiger partial charge < -0.3 is 10.1 Å². The van der Waals surface area contributed by atoms with Crippen molar-refractivity contribution in [3.63, 3.8) is 0 Å². The number of rotatable bonds is 2. The second kappa shape index (κ2) is 5.10. The predicted molar refractivity (Wildman–Crippen MR) is 88.2 cm³/mol. The molecule has 0 amide bonds. The van der Waals surface area contributed by atoms with Crippen molar-refractivity contribution in [1.29, 1.82) is 0 Å². The molecule has 1 unspecified atom stereocenters. The molecule has 1 heterocycles. The van der Waals surface area contributed by atoms with Gasteiger partial charge in [-0.1, -0.05) is 51.1 Å². The summed E-state index contributed by atoms with van der Waals surface area (Å²) in [5.41, 5.74) is 5.39. The van der Waals surface area contributed by atoms with Crippen molar-refractivity contribution < 1.29 is 4.74 Å². The first-order chi connectivity index (χ1) is 9.99. The molecular formula is C19H23NO.